The molecule has 224 valence electrons. The van der Waals surface area contributed by atoms with Gasteiger partial charge in [-0.15, -0.1) is 13.2 Å². The van der Waals surface area contributed by atoms with Crippen molar-refractivity contribution < 1.29 is 41.0 Å². The van der Waals surface area contributed by atoms with Crippen molar-refractivity contribution in [1.82, 2.24) is 10.2 Å². The molecule has 1 saturated heterocycles. The van der Waals surface area contributed by atoms with Gasteiger partial charge < -0.3 is 25.0 Å². The fraction of sp³-hybridized carbons (Fsp3) is 0.333. The summed E-state index contributed by atoms with van der Waals surface area (Å²) >= 11 is 0. The van der Waals surface area contributed by atoms with Gasteiger partial charge in [0, 0.05) is 44.8 Å². The number of carboxylic acids is 1. The summed E-state index contributed by atoms with van der Waals surface area (Å²) in [5.74, 6) is -2.39. The molecule has 1 amide bonds. The van der Waals surface area contributed by atoms with Crippen molar-refractivity contribution in [1.29, 1.82) is 0 Å². The molecule has 14 heteroatoms. The van der Waals surface area contributed by atoms with Gasteiger partial charge in [-0.25, -0.2) is 13.2 Å². The first-order chi connectivity index (χ1) is 19.3. The zero-order valence-electron chi connectivity index (χ0n) is 22.5. The van der Waals surface area contributed by atoms with E-state index in [4.69, 9.17) is 14.6 Å². The maximum atomic E-state index is 13.2. The van der Waals surface area contributed by atoms with Crippen LogP contribution >= 0.6 is 0 Å². The Bertz CT molecular complexity index is 1300. The number of aliphatic carboxylic acids is 1. The van der Waals surface area contributed by atoms with Gasteiger partial charge in [0.25, 0.3) is 15.9 Å². The number of amides is 1. The minimum Gasteiger partial charge on any atom is -0.494 e. The monoisotopic (exact) mass is 598 g/mol. The lowest BCUT2D eigenvalue weighted by Crippen LogP contribution is -2.43. The van der Waals surface area contributed by atoms with E-state index in [0.29, 0.717) is 36.7 Å². The largest absolute Gasteiger partial charge is 0.494 e. The second-order valence-electron chi connectivity index (χ2n) is 8.57. The van der Waals surface area contributed by atoms with Crippen LogP contribution in [-0.2, 0) is 14.8 Å². The van der Waals surface area contributed by atoms with Crippen molar-refractivity contribution in [2.75, 3.05) is 55.5 Å². The SMILES string of the molecule is C=CCN(CC=C)C(=O)c1ccc(N2CCNCC2)c(NS(=O)(=O)c2ccc(OCC)cc2)c1.O=C(O)C(F)(F)F. The van der Waals surface area contributed by atoms with Gasteiger partial charge in [-0.2, -0.15) is 13.2 Å². The number of hydrogen-bond donors (Lipinski definition) is 3. The molecule has 0 spiro atoms. The molecule has 0 radical (unpaired) electrons. The third kappa shape index (κ3) is 9.83. The van der Waals surface area contributed by atoms with Crippen molar-refractivity contribution in [2.45, 2.75) is 18.0 Å². The minimum absolute atomic E-state index is 0.110. The number of carbonyl (C=O) groups excluding carboxylic acids is 1. The number of ether oxygens (including phenoxy) is 1. The number of carboxylic acid groups (broad SMARTS) is 1. The average molecular weight is 599 g/mol. The Kier molecular flexibility index (Phi) is 12.2. The predicted molar refractivity (Wildman–Crippen MR) is 150 cm³/mol. The number of halogens is 3. The van der Waals surface area contributed by atoms with Crippen molar-refractivity contribution in [3.8, 4) is 5.75 Å². The summed E-state index contributed by atoms with van der Waals surface area (Å²) in [7, 11) is -3.89. The molecule has 3 rings (SSSR count). The lowest BCUT2D eigenvalue weighted by Gasteiger charge is -2.31. The number of anilines is 2. The summed E-state index contributed by atoms with van der Waals surface area (Å²) in [6.07, 6.45) is -1.79. The second-order valence-corrected chi connectivity index (χ2v) is 10.3. The third-order valence-electron chi connectivity index (χ3n) is 5.62. The van der Waals surface area contributed by atoms with Crippen LogP contribution < -0.4 is 19.7 Å². The number of alkyl halides is 3. The Labute approximate surface area is 237 Å². The molecule has 1 aliphatic heterocycles. The van der Waals surface area contributed by atoms with Crippen LogP contribution in [0.25, 0.3) is 0 Å². The van der Waals surface area contributed by atoms with E-state index in [1.165, 1.54) is 12.1 Å². The van der Waals surface area contributed by atoms with Crippen LogP contribution in [0.2, 0.25) is 0 Å². The Morgan fingerprint density at radius 1 is 1.10 bits per heavy atom. The van der Waals surface area contributed by atoms with E-state index in [1.807, 2.05) is 6.92 Å². The Balaban J connectivity index is 0.000000745. The second kappa shape index (κ2) is 15.1. The predicted octanol–water partition coefficient (Wildman–Crippen LogP) is 3.74. The smallest absolute Gasteiger partial charge is 0.490 e. The number of nitrogens with zero attached hydrogens (tertiary/aromatic N) is 2. The minimum atomic E-state index is -5.08. The number of benzene rings is 2. The molecule has 3 N–H and O–H groups in total. The lowest BCUT2D eigenvalue weighted by molar-refractivity contribution is -0.192. The molecule has 1 fully saturated rings. The number of nitrogens with one attached hydrogen (secondary N) is 2. The van der Waals surface area contributed by atoms with E-state index in [9.17, 15) is 26.4 Å². The summed E-state index contributed by atoms with van der Waals surface area (Å²) < 4.78 is 66.3. The summed E-state index contributed by atoms with van der Waals surface area (Å²) in [6.45, 7) is 13.5. The van der Waals surface area contributed by atoms with Gasteiger partial charge in [0.15, 0.2) is 0 Å². The fourth-order valence-corrected chi connectivity index (χ4v) is 4.82. The van der Waals surface area contributed by atoms with Gasteiger partial charge in [0.1, 0.15) is 5.75 Å². The first-order valence-corrected chi connectivity index (χ1v) is 14.0. The van der Waals surface area contributed by atoms with Crippen LogP contribution in [0.15, 0.2) is 72.7 Å². The van der Waals surface area contributed by atoms with Gasteiger partial charge in [0.05, 0.1) is 22.9 Å². The van der Waals surface area contributed by atoms with Crippen LogP contribution in [0.1, 0.15) is 17.3 Å². The highest BCUT2D eigenvalue weighted by Crippen LogP contribution is 2.31. The van der Waals surface area contributed by atoms with Crippen molar-refractivity contribution in [3.05, 3.63) is 73.3 Å². The van der Waals surface area contributed by atoms with Crippen LogP contribution in [0.5, 0.6) is 5.75 Å². The number of sulfonamides is 1. The first-order valence-electron chi connectivity index (χ1n) is 12.5. The first kappa shape index (κ1) is 33.2. The van der Waals surface area contributed by atoms with E-state index in [2.05, 4.69) is 28.1 Å². The highest BCUT2D eigenvalue weighted by atomic mass is 32.2. The van der Waals surface area contributed by atoms with Crippen molar-refractivity contribution >= 4 is 33.3 Å². The van der Waals surface area contributed by atoms with Gasteiger partial charge >= 0.3 is 12.1 Å². The highest BCUT2D eigenvalue weighted by molar-refractivity contribution is 7.92. The molecule has 1 heterocycles. The van der Waals surface area contributed by atoms with Gasteiger partial charge in [-0.1, -0.05) is 12.2 Å². The van der Waals surface area contributed by atoms with Gasteiger partial charge in [-0.3, -0.25) is 9.52 Å². The summed E-state index contributed by atoms with van der Waals surface area (Å²) in [4.78, 5) is 25.8. The Morgan fingerprint density at radius 2 is 1.66 bits per heavy atom. The summed E-state index contributed by atoms with van der Waals surface area (Å²) in [5, 5.41) is 10.4. The summed E-state index contributed by atoms with van der Waals surface area (Å²) in [6, 6.07) is 11.4. The maximum absolute atomic E-state index is 13.2. The zero-order chi connectivity index (χ0) is 30.6. The molecule has 0 aliphatic carbocycles. The Morgan fingerprint density at radius 3 is 2.15 bits per heavy atom. The van der Waals surface area contributed by atoms with Gasteiger partial charge in [-0.05, 0) is 49.4 Å². The molecule has 41 heavy (non-hydrogen) atoms. The highest BCUT2D eigenvalue weighted by Gasteiger charge is 2.38. The van der Waals surface area contributed by atoms with Crippen molar-refractivity contribution in [3.63, 3.8) is 0 Å². The topological polar surface area (TPSA) is 128 Å². The van der Waals surface area contributed by atoms with E-state index in [1.54, 1.807) is 47.4 Å². The normalized spacial score (nSPS) is 13.3. The zero-order valence-corrected chi connectivity index (χ0v) is 23.3. The van der Waals surface area contributed by atoms with Crippen LogP contribution in [0, 0.1) is 0 Å². The molecule has 2 aromatic rings. The van der Waals surface area contributed by atoms with Crippen LogP contribution in [0.4, 0.5) is 24.5 Å². The third-order valence-corrected chi connectivity index (χ3v) is 7.00. The molecular weight excluding hydrogens is 565 g/mol. The van der Waals surface area contributed by atoms with Crippen LogP contribution in [0.3, 0.4) is 0 Å². The van der Waals surface area contributed by atoms with E-state index in [0.717, 1.165) is 31.9 Å². The Hall–Kier alpha value is -4.04. The molecule has 0 unspecified atom stereocenters. The molecule has 10 nitrogen and oxygen atoms in total. The van der Waals surface area contributed by atoms with Crippen LogP contribution in [-0.4, -0.2) is 82.4 Å². The number of carbonyl (C=O) groups is 2. The molecular formula is C27H33F3N4O6S. The van der Waals surface area contributed by atoms with Crippen molar-refractivity contribution in [2.24, 2.45) is 0 Å². The average Bonchev–Trinajstić information content (AvgIpc) is 2.93. The lowest BCUT2D eigenvalue weighted by atomic mass is 10.1. The van der Waals surface area contributed by atoms with Gasteiger partial charge in [0.2, 0.25) is 0 Å². The fourth-order valence-electron chi connectivity index (χ4n) is 3.75. The maximum Gasteiger partial charge on any atom is 0.490 e. The van der Waals surface area contributed by atoms with E-state index < -0.39 is 22.2 Å². The molecule has 0 aromatic heterocycles. The molecule has 2 aromatic carbocycles. The van der Waals surface area contributed by atoms with E-state index in [-0.39, 0.29) is 10.8 Å². The molecule has 0 bridgehead atoms. The number of hydrogen-bond acceptors (Lipinski definition) is 7. The molecule has 0 atom stereocenters. The molecule has 0 saturated carbocycles. The quantitative estimate of drug-likeness (QED) is 0.334. The standard InChI is InChI=1S/C25H32N4O4S.C2HF3O2/c1-4-15-29(16-5-2)25(30)20-7-12-24(28-17-13-26-14-18-28)23(19-20)27-34(31,32)22-10-8-21(9-11-22)33-6-3;3-2(4,5)1(6)7/h4-5,7-12,19,26-27H,1-2,6,13-18H2,3H3;(H,6,7). The number of piperazine rings is 1. The summed E-state index contributed by atoms with van der Waals surface area (Å²) in [5.41, 5.74) is 1.47. The molecule has 1 aliphatic rings. The van der Waals surface area contributed by atoms with E-state index >= 15 is 0 Å². The number of rotatable bonds is 11.